The molecule has 0 spiro atoms. The van der Waals surface area contributed by atoms with Crippen molar-refractivity contribution in [2.45, 2.75) is 44.0 Å². The second kappa shape index (κ2) is 9.64. The van der Waals surface area contributed by atoms with Crippen LogP contribution in [0.5, 0.6) is 0 Å². The molecule has 0 aliphatic carbocycles. The monoisotopic (exact) mass is 405 g/mol. The predicted molar refractivity (Wildman–Crippen MR) is 104 cm³/mol. The Hall–Kier alpha value is -1.22. The number of nitro benzene ring substituents is 1. The molecule has 0 atom stereocenters. The van der Waals surface area contributed by atoms with E-state index in [1.54, 1.807) is 0 Å². The average molecular weight is 406 g/mol. The number of benzene rings is 1. The molecular weight excluding hydrogens is 378 g/mol. The minimum absolute atomic E-state index is 0. The summed E-state index contributed by atoms with van der Waals surface area (Å²) >= 11 is 0. The van der Waals surface area contributed by atoms with E-state index in [-0.39, 0.29) is 23.0 Å². The highest BCUT2D eigenvalue weighted by atomic mass is 35.5. The third kappa shape index (κ3) is 5.64. The summed E-state index contributed by atoms with van der Waals surface area (Å²) in [6, 6.07) is 5.65. The lowest BCUT2D eigenvalue weighted by Gasteiger charge is -2.36. The zero-order chi connectivity index (χ0) is 18.6. The van der Waals surface area contributed by atoms with Crippen molar-refractivity contribution in [1.29, 1.82) is 0 Å². The van der Waals surface area contributed by atoms with Gasteiger partial charge < -0.3 is 4.90 Å². The SMILES string of the molecule is CC(C)CCN(C)C1CCN(S(=O)(=O)c2cccc([N+](=O)[O-])c2)CC1.Cl. The van der Waals surface area contributed by atoms with Gasteiger partial charge in [0, 0.05) is 31.3 Å². The number of hydrogen-bond acceptors (Lipinski definition) is 5. The van der Waals surface area contributed by atoms with Gasteiger partial charge in [0.25, 0.3) is 5.69 Å². The third-order valence-electron chi connectivity index (χ3n) is 4.77. The molecule has 0 radical (unpaired) electrons. The van der Waals surface area contributed by atoms with Gasteiger partial charge in [0.15, 0.2) is 0 Å². The van der Waals surface area contributed by atoms with Gasteiger partial charge in [0.1, 0.15) is 0 Å². The highest BCUT2D eigenvalue weighted by Gasteiger charge is 2.31. The highest BCUT2D eigenvalue weighted by molar-refractivity contribution is 7.89. The number of piperidine rings is 1. The number of halogens is 1. The molecule has 2 rings (SSSR count). The molecule has 7 nitrogen and oxygen atoms in total. The second-order valence-corrected chi connectivity index (χ2v) is 8.99. The molecular formula is C17H28ClN3O4S. The molecule has 1 saturated heterocycles. The van der Waals surface area contributed by atoms with E-state index >= 15 is 0 Å². The van der Waals surface area contributed by atoms with Gasteiger partial charge in [-0.25, -0.2) is 8.42 Å². The highest BCUT2D eigenvalue weighted by Crippen LogP contribution is 2.25. The molecule has 0 amide bonds. The minimum atomic E-state index is -3.68. The van der Waals surface area contributed by atoms with E-state index in [4.69, 9.17) is 0 Å². The quantitative estimate of drug-likeness (QED) is 0.514. The first kappa shape index (κ1) is 22.8. The number of nitro groups is 1. The van der Waals surface area contributed by atoms with Crippen molar-refractivity contribution < 1.29 is 13.3 Å². The molecule has 148 valence electrons. The van der Waals surface area contributed by atoms with E-state index in [0.717, 1.165) is 31.9 Å². The van der Waals surface area contributed by atoms with Gasteiger partial charge in [0.05, 0.1) is 9.82 Å². The van der Waals surface area contributed by atoms with Crippen molar-refractivity contribution in [2.24, 2.45) is 5.92 Å². The van der Waals surface area contributed by atoms with E-state index in [1.807, 2.05) is 0 Å². The smallest absolute Gasteiger partial charge is 0.270 e. The Morgan fingerprint density at radius 2 is 1.92 bits per heavy atom. The Kier molecular flexibility index (Phi) is 8.46. The van der Waals surface area contributed by atoms with E-state index < -0.39 is 14.9 Å². The van der Waals surface area contributed by atoms with Gasteiger partial charge in [-0.3, -0.25) is 10.1 Å². The van der Waals surface area contributed by atoms with Gasteiger partial charge in [0.2, 0.25) is 10.0 Å². The van der Waals surface area contributed by atoms with Crippen molar-refractivity contribution in [3.05, 3.63) is 34.4 Å². The Morgan fingerprint density at radius 1 is 1.31 bits per heavy atom. The molecule has 1 aliphatic heterocycles. The lowest BCUT2D eigenvalue weighted by Crippen LogP contribution is -2.45. The topological polar surface area (TPSA) is 83.8 Å². The molecule has 1 aliphatic rings. The standard InChI is InChI=1S/C17H27N3O4S.ClH/c1-14(2)7-10-18(3)15-8-11-19(12-9-15)25(23,24)17-6-4-5-16(13-17)20(21)22;/h4-6,13-15H,7-12H2,1-3H3;1H. The molecule has 9 heteroatoms. The first-order valence-electron chi connectivity index (χ1n) is 8.66. The number of rotatable bonds is 7. The summed E-state index contributed by atoms with van der Waals surface area (Å²) in [5.74, 6) is 0.650. The predicted octanol–water partition coefficient (Wildman–Crippen LogP) is 3.15. The molecule has 0 unspecified atom stereocenters. The molecule has 1 heterocycles. The summed E-state index contributed by atoms with van der Waals surface area (Å²) in [6.07, 6.45) is 2.69. The van der Waals surface area contributed by atoms with E-state index in [9.17, 15) is 18.5 Å². The fourth-order valence-electron chi connectivity index (χ4n) is 3.07. The van der Waals surface area contributed by atoms with E-state index in [2.05, 4.69) is 25.8 Å². The summed E-state index contributed by atoms with van der Waals surface area (Å²) in [5, 5.41) is 10.9. The van der Waals surface area contributed by atoms with Gasteiger partial charge in [-0.1, -0.05) is 19.9 Å². The van der Waals surface area contributed by atoms with Crippen LogP contribution in [0.1, 0.15) is 33.1 Å². The summed E-state index contributed by atoms with van der Waals surface area (Å²) < 4.78 is 26.9. The fraction of sp³-hybridized carbons (Fsp3) is 0.647. The lowest BCUT2D eigenvalue weighted by atomic mass is 10.0. The lowest BCUT2D eigenvalue weighted by molar-refractivity contribution is -0.385. The van der Waals surface area contributed by atoms with Crippen molar-refractivity contribution in [3.8, 4) is 0 Å². The Bertz CT molecular complexity index is 704. The summed E-state index contributed by atoms with van der Waals surface area (Å²) in [5.41, 5.74) is -0.204. The van der Waals surface area contributed by atoms with Crippen LogP contribution in [-0.4, -0.2) is 55.3 Å². The normalized spacial score (nSPS) is 16.7. The number of nitrogens with zero attached hydrogens (tertiary/aromatic N) is 3. The summed E-state index contributed by atoms with van der Waals surface area (Å²) in [6.45, 7) is 6.30. The van der Waals surface area contributed by atoms with Gasteiger partial charge in [-0.2, -0.15) is 4.31 Å². The van der Waals surface area contributed by atoms with Crippen LogP contribution in [0.15, 0.2) is 29.2 Å². The van der Waals surface area contributed by atoms with E-state index in [1.165, 1.54) is 22.5 Å². The zero-order valence-corrected chi connectivity index (χ0v) is 17.1. The molecule has 0 N–H and O–H groups in total. The van der Waals surface area contributed by atoms with Crippen LogP contribution < -0.4 is 0 Å². The van der Waals surface area contributed by atoms with E-state index in [0.29, 0.717) is 25.0 Å². The maximum absolute atomic E-state index is 12.7. The van der Waals surface area contributed by atoms with Crippen molar-refractivity contribution in [2.75, 3.05) is 26.7 Å². The minimum Gasteiger partial charge on any atom is -0.303 e. The van der Waals surface area contributed by atoms with Crippen molar-refractivity contribution in [1.82, 2.24) is 9.21 Å². The Labute approximate surface area is 162 Å². The molecule has 1 fully saturated rings. The van der Waals surface area contributed by atoms with Crippen LogP contribution >= 0.6 is 12.4 Å². The van der Waals surface area contributed by atoms with Gasteiger partial charge >= 0.3 is 0 Å². The van der Waals surface area contributed by atoms with Crippen LogP contribution in [0.4, 0.5) is 5.69 Å². The zero-order valence-electron chi connectivity index (χ0n) is 15.5. The molecule has 0 aromatic heterocycles. The fourth-order valence-corrected chi connectivity index (χ4v) is 4.58. The first-order valence-corrected chi connectivity index (χ1v) is 10.1. The van der Waals surface area contributed by atoms with Crippen LogP contribution in [0, 0.1) is 16.0 Å². The Balaban J connectivity index is 0.00000338. The largest absolute Gasteiger partial charge is 0.303 e. The van der Waals surface area contributed by atoms with Crippen molar-refractivity contribution in [3.63, 3.8) is 0 Å². The van der Waals surface area contributed by atoms with Crippen molar-refractivity contribution >= 4 is 28.1 Å². The molecule has 1 aromatic carbocycles. The van der Waals surface area contributed by atoms with Crippen LogP contribution in [0.2, 0.25) is 0 Å². The van der Waals surface area contributed by atoms with Crippen LogP contribution in [0.25, 0.3) is 0 Å². The van der Waals surface area contributed by atoms with Gasteiger partial charge in [-0.05, 0) is 44.8 Å². The first-order chi connectivity index (χ1) is 11.7. The second-order valence-electron chi connectivity index (χ2n) is 7.05. The Morgan fingerprint density at radius 3 is 2.46 bits per heavy atom. The molecule has 0 saturated carbocycles. The summed E-state index contributed by atoms with van der Waals surface area (Å²) in [4.78, 5) is 12.6. The number of sulfonamides is 1. The molecule has 26 heavy (non-hydrogen) atoms. The molecule has 0 bridgehead atoms. The maximum Gasteiger partial charge on any atom is 0.270 e. The van der Waals surface area contributed by atoms with Gasteiger partial charge in [-0.15, -0.1) is 12.4 Å². The maximum atomic E-state index is 12.7. The summed E-state index contributed by atoms with van der Waals surface area (Å²) in [7, 11) is -1.59. The number of non-ortho nitro benzene ring substituents is 1. The third-order valence-corrected chi connectivity index (χ3v) is 6.67. The van der Waals surface area contributed by atoms with Crippen LogP contribution in [-0.2, 0) is 10.0 Å². The number of hydrogen-bond donors (Lipinski definition) is 0. The van der Waals surface area contributed by atoms with Crippen LogP contribution in [0.3, 0.4) is 0 Å². The molecule has 1 aromatic rings. The average Bonchev–Trinajstić information content (AvgIpc) is 2.59.